The van der Waals surface area contributed by atoms with E-state index in [0.29, 0.717) is 24.1 Å². The second-order valence-electron chi connectivity index (χ2n) is 4.86. The molecule has 0 amide bonds. The Morgan fingerprint density at radius 1 is 1.33 bits per heavy atom. The van der Waals surface area contributed by atoms with Crippen LogP contribution in [-0.4, -0.2) is 25.7 Å². The van der Waals surface area contributed by atoms with Crippen molar-refractivity contribution >= 4 is 15.7 Å². The molecule has 0 aromatic heterocycles. The van der Waals surface area contributed by atoms with Crippen LogP contribution in [0.3, 0.4) is 0 Å². The highest BCUT2D eigenvalue weighted by Gasteiger charge is 2.35. The number of aliphatic hydroxyl groups is 1. The Balaban J connectivity index is 1.97. The lowest BCUT2D eigenvalue weighted by Crippen LogP contribution is -2.47. The standard InChI is InChI=1S/C12H18N2O3S/c13-11-5-2-1-4-10(11)8-18(16,17)14-9-12(15)6-3-7-12/h1-2,4-5,14-15H,3,6-9,13H2. The van der Waals surface area contributed by atoms with Gasteiger partial charge in [-0.1, -0.05) is 18.2 Å². The Labute approximate surface area is 107 Å². The highest BCUT2D eigenvalue weighted by Crippen LogP contribution is 2.30. The number of anilines is 1. The molecule has 18 heavy (non-hydrogen) atoms. The second kappa shape index (κ2) is 4.87. The molecule has 100 valence electrons. The number of benzene rings is 1. The van der Waals surface area contributed by atoms with Crippen molar-refractivity contribution in [2.75, 3.05) is 12.3 Å². The van der Waals surface area contributed by atoms with E-state index in [-0.39, 0.29) is 12.3 Å². The van der Waals surface area contributed by atoms with E-state index in [1.54, 1.807) is 24.3 Å². The summed E-state index contributed by atoms with van der Waals surface area (Å²) in [5, 5.41) is 9.84. The van der Waals surface area contributed by atoms with Crippen LogP contribution in [0.15, 0.2) is 24.3 Å². The third-order valence-electron chi connectivity index (χ3n) is 3.31. The third kappa shape index (κ3) is 3.22. The molecule has 0 heterocycles. The number of hydrogen-bond donors (Lipinski definition) is 3. The van der Waals surface area contributed by atoms with Gasteiger partial charge in [-0.25, -0.2) is 13.1 Å². The van der Waals surface area contributed by atoms with Crippen molar-refractivity contribution in [1.82, 2.24) is 4.72 Å². The van der Waals surface area contributed by atoms with Gasteiger partial charge in [0.2, 0.25) is 10.0 Å². The van der Waals surface area contributed by atoms with Crippen molar-refractivity contribution in [3.8, 4) is 0 Å². The molecule has 1 aromatic carbocycles. The van der Waals surface area contributed by atoms with Crippen molar-refractivity contribution in [3.63, 3.8) is 0 Å². The van der Waals surface area contributed by atoms with E-state index >= 15 is 0 Å². The monoisotopic (exact) mass is 270 g/mol. The number of nitrogens with two attached hydrogens (primary N) is 1. The second-order valence-corrected chi connectivity index (χ2v) is 6.66. The van der Waals surface area contributed by atoms with Crippen LogP contribution in [-0.2, 0) is 15.8 Å². The molecule has 0 saturated heterocycles. The number of nitrogen functional groups attached to an aromatic ring is 1. The van der Waals surface area contributed by atoms with Crippen molar-refractivity contribution in [3.05, 3.63) is 29.8 Å². The van der Waals surface area contributed by atoms with Crippen LogP contribution in [0.1, 0.15) is 24.8 Å². The molecule has 2 rings (SSSR count). The molecule has 6 heteroatoms. The number of rotatable bonds is 5. The van der Waals surface area contributed by atoms with Crippen LogP contribution in [0.4, 0.5) is 5.69 Å². The summed E-state index contributed by atoms with van der Waals surface area (Å²) in [6.45, 7) is 0.0854. The number of para-hydroxylation sites is 1. The molecular weight excluding hydrogens is 252 g/mol. The van der Waals surface area contributed by atoms with E-state index in [9.17, 15) is 13.5 Å². The van der Waals surface area contributed by atoms with Crippen molar-refractivity contribution in [1.29, 1.82) is 0 Å². The highest BCUT2D eigenvalue weighted by atomic mass is 32.2. The van der Waals surface area contributed by atoms with Crippen molar-refractivity contribution < 1.29 is 13.5 Å². The average molecular weight is 270 g/mol. The zero-order valence-corrected chi connectivity index (χ0v) is 10.9. The SMILES string of the molecule is Nc1ccccc1CS(=O)(=O)NCC1(O)CCC1. The molecule has 1 aliphatic rings. The van der Waals surface area contributed by atoms with Gasteiger partial charge in [0, 0.05) is 12.2 Å². The maximum atomic E-state index is 11.9. The summed E-state index contributed by atoms with van der Waals surface area (Å²) >= 11 is 0. The van der Waals surface area contributed by atoms with Crippen LogP contribution in [0.5, 0.6) is 0 Å². The van der Waals surface area contributed by atoms with Gasteiger partial charge in [-0.3, -0.25) is 0 Å². The molecule has 1 aliphatic carbocycles. The lowest BCUT2D eigenvalue weighted by Gasteiger charge is -2.36. The minimum Gasteiger partial charge on any atom is -0.398 e. The summed E-state index contributed by atoms with van der Waals surface area (Å²) in [5.74, 6) is -0.157. The van der Waals surface area contributed by atoms with Gasteiger partial charge >= 0.3 is 0 Å². The quantitative estimate of drug-likeness (QED) is 0.683. The predicted octanol–water partition coefficient (Wildman–Crippen LogP) is 0.603. The first-order valence-corrected chi connectivity index (χ1v) is 7.59. The van der Waals surface area contributed by atoms with E-state index in [1.807, 2.05) is 0 Å². The fraction of sp³-hybridized carbons (Fsp3) is 0.500. The Morgan fingerprint density at radius 2 is 2.00 bits per heavy atom. The van der Waals surface area contributed by atoms with E-state index in [2.05, 4.69) is 4.72 Å². The molecule has 0 spiro atoms. The topological polar surface area (TPSA) is 92.4 Å². The highest BCUT2D eigenvalue weighted by molar-refractivity contribution is 7.88. The Bertz CT molecular complexity index is 524. The molecule has 4 N–H and O–H groups in total. The summed E-state index contributed by atoms with van der Waals surface area (Å²) in [7, 11) is -3.46. The van der Waals surface area contributed by atoms with E-state index in [1.165, 1.54) is 0 Å². The van der Waals surface area contributed by atoms with Gasteiger partial charge in [0.1, 0.15) is 0 Å². The first-order chi connectivity index (χ1) is 8.40. The van der Waals surface area contributed by atoms with Crippen LogP contribution in [0.25, 0.3) is 0 Å². The average Bonchev–Trinajstić information content (AvgIpc) is 2.27. The molecule has 1 saturated carbocycles. The van der Waals surface area contributed by atoms with Gasteiger partial charge in [0.15, 0.2) is 0 Å². The summed E-state index contributed by atoms with van der Waals surface area (Å²) in [4.78, 5) is 0. The Morgan fingerprint density at radius 3 is 2.56 bits per heavy atom. The smallest absolute Gasteiger partial charge is 0.215 e. The molecule has 0 aliphatic heterocycles. The Kier molecular flexibility index (Phi) is 3.61. The van der Waals surface area contributed by atoms with Gasteiger partial charge in [-0.05, 0) is 30.9 Å². The summed E-state index contributed by atoms with van der Waals surface area (Å²) < 4.78 is 26.2. The van der Waals surface area contributed by atoms with Gasteiger partial charge in [-0.2, -0.15) is 0 Å². The minimum absolute atomic E-state index is 0.0854. The molecule has 1 aromatic rings. The number of sulfonamides is 1. The predicted molar refractivity (Wildman–Crippen MR) is 70.3 cm³/mol. The van der Waals surface area contributed by atoms with Crippen LogP contribution in [0, 0.1) is 0 Å². The van der Waals surface area contributed by atoms with Gasteiger partial charge in [0.05, 0.1) is 11.4 Å². The maximum absolute atomic E-state index is 11.9. The third-order valence-corrected chi connectivity index (χ3v) is 4.58. The van der Waals surface area contributed by atoms with E-state index in [4.69, 9.17) is 5.73 Å². The summed E-state index contributed by atoms with van der Waals surface area (Å²) in [6.07, 6.45) is 2.26. The van der Waals surface area contributed by atoms with Crippen LogP contribution in [0.2, 0.25) is 0 Å². The first-order valence-electron chi connectivity index (χ1n) is 5.93. The van der Waals surface area contributed by atoms with E-state index < -0.39 is 15.6 Å². The number of nitrogens with one attached hydrogen (secondary N) is 1. The maximum Gasteiger partial charge on any atom is 0.215 e. The van der Waals surface area contributed by atoms with Crippen LogP contribution < -0.4 is 10.5 Å². The first kappa shape index (κ1) is 13.3. The fourth-order valence-electron chi connectivity index (χ4n) is 1.93. The lowest BCUT2D eigenvalue weighted by atomic mass is 9.81. The van der Waals surface area contributed by atoms with Gasteiger partial charge < -0.3 is 10.8 Å². The molecule has 5 nitrogen and oxygen atoms in total. The molecule has 1 fully saturated rings. The zero-order chi connectivity index (χ0) is 13.2. The lowest BCUT2D eigenvalue weighted by molar-refractivity contribution is -0.0271. The summed E-state index contributed by atoms with van der Waals surface area (Å²) in [6, 6.07) is 6.87. The Hall–Kier alpha value is -1.11. The molecule has 0 atom stereocenters. The molecule has 0 radical (unpaired) electrons. The van der Waals surface area contributed by atoms with E-state index in [0.717, 1.165) is 6.42 Å². The van der Waals surface area contributed by atoms with Crippen LogP contribution >= 0.6 is 0 Å². The van der Waals surface area contributed by atoms with Crippen molar-refractivity contribution in [2.45, 2.75) is 30.6 Å². The largest absolute Gasteiger partial charge is 0.398 e. The normalized spacial score (nSPS) is 18.3. The molecular formula is C12H18N2O3S. The van der Waals surface area contributed by atoms with Crippen molar-refractivity contribution in [2.24, 2.45) is 0 Å². The summed E-state index contributed by atoms with van der Waals surface area (Å²) in [5.41, 5.74) is 5.89. The zero-order valence-electron chi connectivity index (χ0n) is 10.1. The number of hydrogen-bond acceptors (Lipinski definition) is 4. The minimum atomic E-state index is -3.46. The molecule has 0 bridgehead atoms. The van der Waals surface area contributed by atoms with Gasteiger partial charge in [-0.15, -0.1) is 0 Å². The molecule has 0 unspecified atom stereocenters. The van der Waals surface area contributed by atoms with Gasteiger partial charge in [0.25, 0.3) is 0 Å². The fourth-order valence-corrected chi connectivity index (χ4v) is 3.19.